The summed E-state index contributed by atoms with van der Waals surface area (Å²) in [5.41, 5.74) is 1.02. The first-order valence-electron chi connectivity index (χ1n) is 4.98. The van der Waals surface area contributed by atoms with Crippen molar-refractivity contribution in [2.75, 3.05) is 19.8 Å². The van der Waals surface area contributed by atoms with E-state index in [1.54, 1.807) is 0 Å². The highest BCUT2D eigenvalue weighted by Crippen LogP contribution is 1.95. The van der Waals surface area contributed by atoms with Gasteiger partial charge in [-0.15, -0.1) is 5.10 Å². The lowest BCUT2D eigenvalue weighted by atomic mass is 10.4. The second-order valence-corrected chi connectivity index (χ2v) is 3.65. The van der Waals surface area contributed by atoms with E-state index in [9.17, 15) is 0 Å². The van der Waals surface area contributed by atoms with Crippen LogP contribution in [0.5, 0.6) is 0 Å². The summed E-state index contributed by atoms with van der Waals surface area (Å²) < 4.78 is 9.14. The Bertz CT molecular complexity index is 216. The first kappa shape index (κ1) is 11.6. The van der Waals surface area contributed by atoms with Crippen LogP contribution in [0.4, 0.5) is 0 Å². The molecule has 0 spiro atoms. The first-order valence-corrected chi connectivity index (χ1v) is 5.81. The number of rotatable bonds is 8. The van der Waals surface area contributed by atoms with Gasteiger partial charge in [0.2, 0.25) is 0 Å². The smallest absolute Gasteiger partial charge is 0.0893 e. The fraction of sp³-hybridized carbons (Fsp3) is 0.778. The molecule has 14 heavy (non-hydrogen) atoms. The molecule has 0 aliphatic rings. The Labute approximate surface area is 88.8 Å². The van der Waals surface area contributed by atoms with Crippen molar-refractivity contribution in [1.82, 2.24) is 14.9 Å². The molecule has 4 nitrogen and oxygen atoms in total. The van der Waals surface area contributed by atoms with Gasteiger partial charge in [0, 0.05) is 25.1 Å². The molecule has 1 N–H and O–H groups in total. The van der Waals surface area contributed by atoms with Crippen LogP contribution in [0.1, 0.15) is 25.5 Å². The van der Waals surface area contributed by atoms with E-state index in [0.29, 0.717) is 0 Å². The summed E-state index contributed by atoms with van der Waals surface area (Å²) in [6.45, 7) is 5.62. The Hall–Kier alpha value is -0.520. The van der Waals surface area contributed by atoms with Crippen molar-refractivity contribution in [1.29, 1.82) is 0 Å². The summed E-state index contributed by atoms with van der Waals surface area (Å²) in [5.74, 6) is 0. The van der Waals surface area contributed by atoms with E-state index >= 15 is 0 Å². The van der Waals surface area contributed by atoms with Crippen LogP contribution < -0.4 is 5.32 Å². The molecule has 0 unspecified atom stereocenters. The Morgan fingerprint density at radius 2 is 2.43 bits per heavy atom. The zero-order valence-electron chi connectivity index (χ0n) is 8.53. The van der Waals surface area contributed by atoms with Crippen molar-refractivity contribution >= 4 is 11.5 Å². The SMILES string of the molecule is CCCOCCCNCc1csnn1. The molecule has 1 rings (SSSR count). The molecule has 0 aliphatic carbocycles. The van der Waals surface area contributed by atoms with Gasteiger partial charge in [-0.1, -0.05) is 11.4 Å². The maximum absolute atomic E-state index is 5.35. The molecule has 0 fully saturated rings. The fourth-order valence-electron chi connectivity index (χ4n) is 1.02. The monoisotopic (exact) mass is 215 g/mol. The van der Waals surface area contributed by atoms with Crippen molar-refractivity contribution < 1.29 is 4.74 Å². The third-order valence-corrected chi connectivity index (χ3v) is 2.26. The Balaban J connectivity index is 1.85. The van der Waals surface area contributed by atoms with Gasteiger partial charge < -0.3 is 10.1 Å². The van der Waals surface area contributed by atoms with E-state index in [2.05, 4.69) is 21.8 Å². The summed E-state index contributed by atoms with van der Waals surface area (Å²) in [6, 6.07) is 0. The minimum absolute atomic E-state index is 0.810. The maximum atomic E-state index is 5.35. The maximum Gasteiger partial charge on any atom is 0.0893 e. The van der Waals surface area contributed by atoms with Crippen molar-refractivity contribution in [3.8, 4) is 0 Å². The van der Waals surface area contributed by atoms with Gasteiger partial charge in [-0.3, -0.25) is 0 Å². The average Bonchev–Trinajstić information content (AvgIpc) is 2.69. The number of hydrogen-bond donors (Lipinski definition) is 1. The molecule has 80 valence electrons. The first-order chi connectivity index (χ1) is 6.93. The summed E-state index contributed by atoms with van der Waals surface area (Å²) in [5, 5.41) is 9.19. The van der Waals surface area contributed by atoms with Crippen molar-refractivity contribution in [2.24, 2.45) is 0 Å². The molecule has 0 aliphatic heterocycles. The normalized spacial score (nSPS) is 10.6. The third-order valence-electron chi connectivity index (χ3n) is 1.70. The van der Waals surface area contributed by atoms with Crippen LogP contribution in [0, 0.1) is 0 Å². The molecule has 0 saturated carbocycles. The molecule has 0 radical (unpaired) electrons. The lowest BCUT2D eigenvalue weighted by Gasteiger charge is -2.03. The topological polar surface area (TPSA) is 47.0 Å². The highest BCUT2D eigenvalue weighted by atomic mass is 32.1. The minimum atomic E-state index is 0.810. The highest BCUT2D eigenvalue weighted by Gasteiger charge is 1.94. The second kappa shape index (κ2) is 7.84. The highest BCUT2D eigenvalue weighted by molar-refractivity contribution is 7.03. The van der Waals surface area contributed by atoms with E-state index in [1.807, 2.05) is 5.38 Å². The Kier molecular flexibility index (Phi) is 6.47. The van der Waals surface area contributed by atoms with Gasteiger partial charge in [-0.05, 0) is 30.9 Å². The predicted octanol–water partition coefficient (Wildman–Crippen LogP) is 1.44. The van der Waals surface area contributed by atoms with Gasteiger partial charge in [-0.2, -0.15) is 0 Å². The minimum Gasteiger partial charge on any atom is -0.381 e. The van der Waals surface area contributed by atoms with E-state index in [0.717, 1.165) is 44.8 Å². The van der Waals surface area contributed by atoms with Crippen LogP contribution in [0.3, 0.4) is 0 Å². The standard InChI is InChI=1S/C9H17N3OS/c1-2-5-13-6-3-4-10-7-9-8-14-12-11-9/h8,10H,2-7H2,1H3. The second-order valence-electron chi connectivity index (χ2n) is 3.04. The van der Waals surface area contributed by atoms with Gasteiger partial charge >= 0.3 is 0 Å². The molecular weight excluding hydrogens is 198 g/mol. The lowest BCUT2D eigenvalue weighted by Crippen LogP contribution is -2.16. The molecule has 1 aromatic heterocycles. The number of aromatic nitrogens is 2. The summed E-state index contributed by atoms with van der Waals surface area (Å²) in [7, 11) is 0. The van der Waals surface area contributed by atoms with Crippen molar-refractivity contribution in [3.05, 3.63) is 11.1 Å². The van der Waals surface area contributed by atoms with E-state index < -0.39 is 0 Å². The van der Waals surface area contributed by atoms with Gasteiger partial charge in [0.05, 0.1) is 5.69 Å². The lowest BCUT2D eigenvalue weighted by molar-refractivity contribution is 0.132. The molecule has 1 heterocycles. The van der Waals surface area contributed by atoms with Crippen molar-refractivity contribution in [2.45, 2.75) is 26.3 Å². The molecule has 0 atom stereocenters. The van der Waals surface area contributed by atoms with Crippen molar-refractivity contribution in [3.63, 3.8) is 0 Å². The van der Waals surface area contributed by atoms with E-state index in [4.69, 9.17) is 4.74 Å². The zero-order chi connectivity index (χ0) is 10.1. The average molecular weight is 215 g/mol. The number of hydrogen-bond acceptors (Lipinski definition) is 5. The molecular formula is C9H17N3OS. The van der Waals surface area contributed by atoms with Crippen LogP contribution >= 0.6 is 11.5 Å². The Morgan fingerprint density at radius 1 is 1.50 bits per heavy atom. The van der Waals surface area contributed by atoms with Gasteiger partial charge in [0.25, 0.3) is 0 Å². The molecule has 0 saturated heterocycles. The molecule has 5 heteroatoms. The van der Waals surface area contributed by atoms with Gasteiger partial charge in [0.15, 0.2) is 0 Å². The van der Waals surface area contributed by atoms with Gasteiger partial charge in [0.1, 0.15) is 0 Å². The molecule has 0 bridgehead atoms. The zero-order valence-corrected chi connectivity index (χ0v) is 9.35. The number of nitrogens with zero attached hydrogens (tertiary/aromatic N) is 2. The van der Waals surface area contributed by atoms with Crippen LogP contribution in [-0.2, 0) is 11.3 Å². The van der Waals surface area contributed by atoms with E-state index in [-0.39, 0.29) is 0 Å². The summed E-state index contributed by atoms with van der Waals surface area (Å²) in [6.07, 6.45) is 2.15. The van der Waals surface area contributed by atoms with Crippen LogP contribution in [-0.4, -0.2) is 29.3 Å². The largest absolute Gasteiger partial charge is 0.381 e. The Morgan fingerprint density at radius 3 is 3.14 bits per heavy atom. The molecule has 0 amide bonds. The summed E-state index contributed by atoms with van der Waals surface area (Å²) >= 11 is 1.39. The molecule has 1 aromatic rings. The fourth-order valence-corrected chi connectivity index (χ4v) is 1.47. The third kappa shape index (κ3) is 5.26. The number of nitrogens with one attached hydrogen (secondary N) is 1. The van der Waals surface area contributed by atoms with E-state index in [1.165, 1.54) is 11.5 Å². The quantitative estimate of drug-likeness (QED) is 0.667. The van der Waals surface area contributed by atoms with Gasteiger partial charge in [-0.25, -0.2) is 0 Å². The van der Waals surface area contributed by atoms with Crippen LogP contribution in [0.15, 0.2) is 5.38 Å². The summed E-state index contributed by atoms with van der Waals surface area (Å²) in [4.78, 5) is 0. The van der Waals surface area contributed by atoms with Crippen LogP contribution in [0.25, 0.3) is 0 Å². The molecule has 0 aromatic carbocycles. The predicted molar refractivity (Wildman–Crippen MR) is 57.3 cm³/mol. The number of ether oxygens (including phenoxy) is 1. The van der Waals surface area contributed by atoms with Crippen LogP contribution in [0.2, 0.25) is 0 Å².